The first-order chi connectivity index (χ1) is 6.25. The Morgan fingerprint density at radius 2 is 1.85 bits per heavy atom. The fourth-order valence-electron chi connectivity index (χ4n) is 1.67. The van der Waals surface area contributed by atoms with Gasteiger partial charge in [0.2, 0.25) is 0 Å². The highest BCUT2D eigenvalue weighted by molar-refractivity contribution is 6.17. The summed E-state index contributed by atoms with van der Waals surface area (Å²) in [6, 6.07) is 7.16. The lowest BCUT2D eigenvalue weighted by Crippen LogP contribution is -2.02. The quantitative estimate of drug-likeness (QED) is 0.558. The number of ketones is 1. The van der Waals surface area contributed by atoms with Crippen LogP contribution < -0.4 is 0 Å². The maximum atomic E-state index is 11.6. The van der Waals surface area contributed by atoms with Crippen molar-refractivity contribution in [2.75, 3.05) is 0 Å². The van der Waals surface area contributed by atoms with Gasteiger partial charge in [0.1, 0.15) is 5.94 Å². The van der Waals surface area contributed by atoms with E-state index in [4.69, 9.17) is 0 Å². The topological polar surface area (TPSA) is 34.1 Å². The molecule has 0 N–H and O–H groups in total. The van der Waals surface area contributed by atoms with Crippen LogP contribution in [0.3, 0.4) is 0 Å². The van der Waals surface area contributed by atoms with Gasteiger partial charge in [0, 0.05) is 11.1 Å². The van der Waals surface area contributed by atoms with Crippen molar-refractivity contribution in [3.8, 4) is 0 Å². The fourth-order valence-corrected chi connectivity index (χ4v) is 1.67. The van der Waals surface area contributed by atoms with Gasteiger partial charge < -0.3 is 0 Å². The highest BCUT2D eigenvalue weighted by atomic mass is 16.1. The molecule has 0 amide bonds. The Labute approximate surface area is 75.9 Å². The van der Waals surface area contributed by atoms with Crippen molar-refractivity contribution in [2.45, 2.75) is 6.92 Å². The van der Waals surface area contributed by atoms with E-state index in [0.29, 0.717) is 11.1 Å². The molecule has 64 valence electrons. The van der Waals surface area contributed by atoms with Gasteiger partial charge in [-0.15, -0.1) is 0 Å². The lowest BCUT2D eigenvalue weighted by atomic mass is 10.0. The van der Waals surface area contributed by atoms with Crippen molar-refractivity contribution in [1.29, 1.82) is 0 Å². The van der Waals surface area contributed by atoms with Crippen LogP contribution in [0.5, 0.6) is 0 Å². The van der Waals surface area contributed by atoms with Gasteiger partial charge in [-0.05, 0) is 0 Å². The van der Waals surface area contributed by atoms with Crippen LogP contribution >= 0.6 is 0 Å². The minimum Gasteiger partial charge on any atom is -0.293 e. The standard InChI is InChI=1S/C11H8O2/c1-7-10(6-12)8-4-2-3-5-9(8)11(7)13/h2-5,7H,1H3. The van der Waals surface area contributed by atoms with Crippen LogP contribution in [-0.4, -0.2) is 11.7 Å². The highest BCUT2D eigenvalue weighted by Crippen LogP contribution is 2.34. The van der Waals surface area contributed by atoms with Crippen molar-refractivity contribution in [3.63, 3.8) is 0 Å². The maximum absolute atomic E-state index is 11.6. The van der Waals surface area contributed by atoms with Gasteiger partial charge in [-0.1, -0.05) is 31.2 Å². The first-order valence-electron chi connectivity index (χ1n) is 4.14. The molecule has 0 aromatic heterocycles. The SMILES string of the molecule is CC1C(=O)c2ccccc2C1=C=O. The molecule has 0 saturated heterocycles. The number of benzene rings is 1. The zero-order valence-electron chi connectivity index (χ0n) is 7.20. The van der Waals surface area contributed by atoms with Gasteiger partial charge in [-0.3, -0.25) is 4.79 Å². The number of hydrogen-bond acceptors (Lipinski definition) is 2. The van der Waals surface area contributed by atoms with Crippen LogP contribution in [0.1, 0.15) is 22.8 Å². The van der Waals surface area contributed by atoms with Crippen molar-refractivity contribution >= 4 is 17.3 Å². The Bertz CT molecular complexity index is 425. The molecule has 0 aliphatic heterocycles. The molecule has 0 fully saturated rings. The van der Waals surface area contributed by atoms with Crippen molar-refractivity contribution in [2.24, 2.45) is 5.92 Å². The van der Waals surface area contributed by atoms with Gasteiger partial charge in [0.05, 0.1) is 11.5 Å². The van der Waals surface area contributed by atoms with Gasteiger partial charge in [-0.25, -0.2) is 4.79 Å². The Hall–Kier alpha value is -1.66. The fraction of sp³-hybridized carbons (Fsp3) is 0.182. The molecule has 2 nitrogen and oxygen atoms in total. The molecular formula is C11H8O2. The van der Waals surface area contributed by atoms with Crippen LogP contribution in [0.4, 0.5) is 0 Å². The van der Waals surface area contributed by atoms with Crippen LogP contribution in [-0.2, 0) is 4.79 Å². The number of fused-ring (bicyclic) bond motifs is 1. The summed E-state index contributed by atoms with van der Waals surface area (Å²) in [6.45, 7) is 1.74. The largest absolute Gasteiger partial charge is 0.293 e. The molecule has 1 aliphatic carbocycles. The number of carbonyl (C=O) groups excluding carboxylic acids is 2. The van der Waals surface area contributed by atoms with E-state index in [1.54, 1.807) is 25.1 Å². The number of hydrogen-bond donors (Lipinski definition) is 0. The summed E-state index contributed by atoms with van der Waals surface area (Å²) >= 11 is 0. The molecule has 0 radical (unpaired) electrons. The number of rotatable bonds is 0. The average molecular weight is 172 g/mol. The molecule has 1 aromatic carbocycles. The van der Waals surface area contributed by atoms with Gasteiger partial charge >= 0.3 is 0 Å². The molecule has 0 spiro atoms. The minimum absolute atomic E-state index is 0.0222. The normalized spacial score (nSPS) is 19.9. The lowest BCUT2D eigenvalue weighted by Gasteiger charge is -1.96. The summed E-state index contributed by atoms with van der Waals surface area (Å²) in [4.78, 5) is 22.2. The predicted octanol–water partition coefficient (Wildman–Crippen LogP) is 1.73. The summed E-state index contributed by atoms with van der Waals surface area (Å²) in [7, 11) is 0. The van der Waals surface area contributed by atoms with E-state index in [1.165, 1.54) is 0 Å². The maximum Gasteiger partial charge on any atom is 0.171 e. The monoisotopic (exact) mass is 172 g/mol. The highest BCUT2D eigenvalue weighted by Gasteiger charge is 2.32. The molecule has 13 heavy (non-hydrogen) atoms. The van der Waals surface area contributed by atoms with E-state index in [-0.39, 0.29) is 11.7 Å². The van der Waals surface area contributed by atoms with E-state index in [1.807, 2.05) is 12.0 Å². The molecule has 1 unspecified atom stereocenters. The molecule has 1 atom stereocenters. The van der Waals surface area contributed by atoms with Crippen LogP contribution in [0, 0.1) is 5.92 Å². The van der Waals surface area contributed by atoms with Gasteiger partial charge in [-0.2, -0.15) is 0 Å². The van der Waals surface area contributed by atoms with Crippen LogP contribution in [0.2, 0.25) is 0 Å². The minimum atomic E-state index is -0.324. The summed E-state index contributed by atoms with van der Waals surface area (Å²) in [5, 5.41) is 0. The first-order valence-corrected chi connectivity index (χ1v) is 4.14. The Morgan fingerprint density at radius 1 is 1.23 bits per heavy atom. The third-order valence-corrected chi connectivity index (χ3v) is 2.42. The van der Waals surface area contributed by atoms with Crippen molar-refractivity contribution in [1.82, 2.24) is 0 Å². The van der Waals surface area contributed by atoms with E-state index >= 15 is 0 Å². The van der Waals surface area contributed by atoms with E-state index < -0.39 is 0 Å². The smallest absolute Gasteiger partial charge is 0.171 e. The second-order valence-electron chi connectivity index (χ2n) is 3.15. The average Bonchev–Trinajstić information content (AvgIpc) is 2.41. The van der Waals surface area contributed by atoms with E-state index in [9.17, 15) is 9.59 Å². The number of carbonyl (C=O) groups is 1. The molecule has 2 heteroatoms. The summed E-state index contributed by atoms with van der Waals surface area (Å²) < 4.78 is 0. The van der Waals surface area contributed by atoms with E-state index in [2.05, 4.69) is 0 Å². The zero-order valence-corrected chi connectivity index (χ0v) is 7.20. The molecule has 0 heterocycles. The molecular weight excluding hydrogens is 164 g/mol. The molecule has 1 aromatic rings. The number of Topliss-reactive ketones (excluding diaryl/α,β-unsaturated/α-hetero) is 1. The second kappa shape index (κ2) is 2.68. The molecule has 2 rings (SSSR count). The summed E-state index contributed by atoms with van der Waals surface area (Å²) in [5.41, 5.74) is 1.88. The summed E-state index contributed by atoms with van der Waals surface area (Å²) in [6.07, 6.45) is 0. The zero-order chi connectivity index (χ0) is 9.42. The van der Waals surface area contributed by atoms with E-state index in [0.717, 1.165) is 5.56 Å². The van der Waals surface area contributed by atoms with Crippen LogP contribution in [0.25, 0.3) is 5.57 Å². The first kappa shape index (κ1) is 7.96. The summed E-state index contributed by atoms with van der Waals surface area (Å²) in [5.74, 6) is 1.54. The van der Waals surface area contributed by atoms with Gasteiger partial charge in [0.15, 0.2) is 5.78 Å². The Morgan fingerprint density at radius 3 is 2.46 bits per heavy atom. The second-order valence-corrected chi connectivity index (χ2v) is 3.15. The van der Waals surface area contributed by atoms with Crippen molar-refractivity contribution < 1.29 is 9.59 Å². The third-order valence-electron chi connectivity index (χ3n) is 2.42. The Kier molecular flexibility index (Phi) is 1.64. The lowest BCUT2D eigenvalue weighted by molar-refractivity contribution is 0.0966. The predicted molar refractivity (Wildman–Crippen MR) is 49.0 cm³/mol. The molecule has 0 saturated carbocycles. The molecule has 0 bridgehead atoms. The Balaban J connectivity index is 2.74. The third kappa shape index (κ3) is 0.962. The van der Waals surface area contributed by atoms with Gasteiger partial charge in [0.25, 0.3) is 0 Å². The molecule has 1 aliphatic rings. The number of allylic oxidation sites excluding steroid dienone is 1. The van der Waals surface area contributed by atoms with Crippen molar-refractivity contribution in [3.05, 3.63) is 35.4 Å². The van der Waals surface area contributed by atoms with Crippen LogP contribution in [0.15, 0.2) is 24.3 Å².